The van der Waals surface area contributed by atoms with Gasteiger partial charge >= 0.3 is 5.97 Å². The van der Waals surface area contributed by atoms with Gasteiger partial charge in [-0.05, 0) is 54.0 Å². The van der Waals surface area contributed by atoms with Crippen molar-refractivity contribution in [3.63, 3.8) is 0 Å². The maximum atomic E-state index is 14.0. The van der Waals surface area contributed by atoms with Gasteiger partial charge in [0.15, 0.2) is 4.80 Å². The first kappa shape index (κ1) is 29.5. The lowest BCUT2D eigenvalue weighted by atomic mass is 9.93. The molecule has 0 radical (unpaired) electrons. The Bertz CT molecular complexity index is 2070. The third-order valence-corrected chi connectivity index (χ3v) is 8.20. The van der Waals surface area contributed by atoms with E-state index in [4.69, 9.17) is 14.5 Å². The van der Waals surface area contributed by atoms with Crippen molar-refractivity contribution < 1.29 is 19.2 Å². The summed E-state index contributed by atoms with van der Waals surface area (Å²) in [6.07, 6.45) is 1.79. The number of carbonyl (C=O) groups is 1. The van der Waals surface area contributed by atoms with Crippen LogP contribution in [0, 0.1) is 10.1 Å². The van der Waals surface area contributed by atoms with Crippen LogP contribution < -0.4 is 19.6 Å². The van der Waals surface area contributed by atoms with E-state index in [1.165, 1.54) is 23.5 Å². The van der Waals surface area contributed by atoms with Crippen LogP contribution in [0.3, 0.4) is 0 Å². The standard InChI is InChI=1S/C35H27N3O6S/c1-2-43-34(40)30-31(25-9-5-3-6-10-25)36-35-37(32(30)26-11-7-4-8-12-26)33(39)29(45-35)21-23-15-19-28(20-16-23)44-22-24-13-17-27(18-14-24)38(41)42/h3-21,32H,2,22H2,1H3/b29-21-/t32-/m0/s1. The minimum absolute atomic E-state index is 0.0249. The second-order valence-electron chi connectivity index (χ2n) is 10.1. The fourth-order valence-electron chi connectivity index (χ4n) is 5.08. The summed E-state index contributed by atoms with van der Waals surface area (Å²) in [7, 11) is 0. The number of aromatic nitrogens is 1. The molecule has 1 aliphatic heterocycles. The van der Waals surface area contributed by atoms with E-state index in [0.29, 0.717) is 26.4 Å². The molecule has 10 heteroatoms. The van der Waals surface area contributed by atoms with Crippen LogP contribution in [0.5, 0.6) is 5.75 Å². The average Bonchev–Trinajstić information content (AvgIpc) is 3.38. The van der Waals surface area contributed by atoms with Gasteiger partial charge in [0.05, 0.1) is 33.4 Å². The van der Waals surface area contributed by atoms with E-state index in [1.54, 1.807) is 41.8 Å². The molecule has 0 aliphatic carbocycles. The van der Waals surface area contributed by atoms with Gasteiger partial charge in [0.1, 0.15) is 12.4 Å². The van der Waals surface area contributed by atoms with Gasteiger partial charge in [-0.2, -0.15) is 0 Å². The third kappa shape index (κ3) is 6.22. The summed E-state index contributed by atoms with van der Waals surface area (Å²) >= 11 is 1.26. The average molecular weight is 618 g/mol. The predicted molar refractivity (Wildman–Crippen MR) is 171 cm³/mol. The van der Waals surface area contributed by atoms with Gasteiger partial charge in [-0.15, -0.1) is 0 Å². The van der Waals surface area contributed by atoms with Gasteiger partial charge in [0, 0.05) is 17.7 Å². The summed E-state index contributed by atoms with van der Waals surface area (Å²) in [6, 6.07) is 31.6. The summed E-state index contributed by atoms with van der Waals surface area (Å²) < 4.78 is 13.4. The van der Waals surface area contributed by atoms with Gasteiger partial charge in [-0.3, -0.25) is 19.5 Å². The Balaban J connectivity index is 1.37. The van der Waals surface area contributed by atoms with E-state index in [0.717, 1.165) is 22.3 Å². The van der Waals surface area contributed by atoms with Crippen LogP contribution in [-0.2, 0) is 16.1 Å². The SMILES string of the molecule is CCOC(=O)C1=C(c2ccccc2)N=c2s/c(=C\c3ccc(OCc4ccc([N+](=O)[O-])cc4)cc3)c(=O)n2[C@H]1c1ccccc1. The third-order valence-electron chi connectivity index (χ3n) is 7.22. The Morgan fingerprint density at radius 3 is 2.27 bits per heavy atom. The molecule has 0 saturated carbocycles. The Labute approximate surface area is 261 Å². The van der Waals surface area contributed by atoms with E-state index in [2.05, 4.69) is 0 Å². The number of hydrogen-bond donors (Lipinski definition) is 0. The maximum Gasteiger partial charge on any atom is 0.338 e. The molecular formula is C35H27N3O6S. The molecule has 4 aromatic carbocycles. The highest BCUT2D eigenvalue weighted by molar-refractivity contribution is 7.07. The van der Waals surface area contributed by atoms with E-state index < -0.39 is 16.9 Å². The number of nitrogens with zero attached hydrogens (tertiary/aromatic N) is 3. The van der Waals surface area contributed by atoms with E-state index >= 15 is 0 Å². The largest absolute Gasteiger partial charge is 0.489 e. The highest BCUT2D eigenvalue weighted by Gasteiger charge is 2.35. The number of ether oxygens (including phenoxy) is 2. The van der Waals surface area contributed by atoms with Crippen LogP contribution >= 0.6 is 11.3 Å². The molecular weight excluding hydrogens is 590 g/mol. The molecule has 0 N–H and O–H groups in total. The molecule has 0 fully saturated rings. The number of hydrogen-bond acceptors (Lipinski definition) is 8. The van der Waals surface area contributed by atoms with Crippen LogP contribution in [0.1, 0.15) is 35.2 Å². The zero-order valence-electron chi connectivity index (χ0n) is 24.2. The Hall–Kier alpha value is -5.61. The zero-order chi connectivity index (χ0) is 31.3. The lowest BCUT2D eigenvalue weighted by molar-refractivity contribution is -0.384. The molecule has 0 spiro atoms. The summed E-state index contributed by atoms with van der Waals surface area (Å²) in [6.45, 7) is 2.19. The van der Waals surface area contributed by atoms with E-state index in [9.17, 15) is 19.7 Å². The van der Waals surface area contributed by atoms with Gasteiger partial charge in [-0.25, -0.2) is 9.79 Å². The number of nitro groups is 1. The first-order valence-electron chi connectivity index (χ1n) is 14.2. The van der Waals surface area contributed by atoms with Crippen molar-refractivity contribution >= 4 is 34.8 Å². The van der Waals surface area contributed by atoms with Crippen LogP contribution in [0.4, 0.5) is 5.69 Å². The molecule has 0 amide bonds. The number of non-ortho nitro benzene ring substituents is 1. The number of nitro benzene ring substituents is 1. The Morgan fingerprint density at radius 2 is 1.62 bits per heavy atom. The topological polar surface area (TPSA) is 113 Å². The second kappa shape index (κ2) is 12.9. The fourth-order valence-corrected chi connectivity index (χ4v) is 6.08. The van der Waals surface area contributed by atoms with Crippen LogP contribution in [-0.4, -0.2) is 22.1 Å². The Kier molecular flexibility index (Phi) is 8.47. The number of thiazole rings is 1. The van der Waals surface area contributed by atoms with Crippen molar-refractivity contribution in [1.29, 1.82) is 0 Å². The normalized spacial score (nSPS) is 14.4. The second-order valence-corrected chi connectivity index (χ2v) is 11.1. The van der Waals surface area contributed by atoms with Crippen LogP contribution in [0.2, 0.25) is 0 Å². The number of fused-ring (bicyclic) bond motifs is 1. The lowest BCUT2D eigenvalue weighted by Gasteiger charge is -2.25. The predicted octanol–water partition coefficient (Wildman–Crippen LogP) is 5.42. The smallest absolute Gasteiger partial charge is 0.338 e. The molecule has 1 aliphatic rings. The molecule has 9 nitrogen and oxygen atoms in total. The molecule has 0 unspecified atom stereocenters. The van der Waals surface area contributed by atoms with Crippen molar-refractivity contribution in [3.05, 3.63) is 167 Å². The van der Waals surface area contributed by atoms with Gasteiger partial charge in [0.25, 0.3) is 11.2 Å². The molecule has 0 saturated heterocycles. The fraction of sp³-hybridized carbons (Fsp3) is 0.114. The summed E-state index contributed by atoms with van der Waals surface area (Å²) in [5.74, 6) is 0.0928. The van der Waals surface area contributed by atoms with Crippen molar-refractivity contribution in [2.24, 2.45) is 4.99 Å². The van der Waals surface area contributed by atoms with Crippen molar-refractivity contribution in [2.45, 2.75) is 19.6 Å². The first-order chi connectivity index (χ1) is 21.9. The monoisotopic (exact) mass is 617 g/mol. The zero-order valence-corrected chi connectivity index (χ0v) is 25.0. The van der Waals surface area contributed by atoms with Crippen molar-refractivity contribution in [1.82, 2.24) is 4.57 Å². The summed E-state index contributed by atoms with van der Waals surface area (Å²) in [5.41, 5.74) is 3.65. The van der Waals surface area contributed by atoms with Crippen LogP contribution in [0.25, 0.3) is 11.8 Å². The van der Waals surface area contributed by atoms with Crippen LogP contribution in [0.15, 0.2) is 125 Å². The quantitative estimate of drug-likeness (QED) is 0.124. The first-order valence-corrected chi connectivity index (χ1v) is 15.0. The molecule has 6 rings (SSSR count). The molecule has 1 atom stereocenters. The Morgan fingerprint density at radius 1 is 0.956 bits per heavy atom. The molecule has 2 heterocycles. The highest BCUT2D eigenvalue weighted by Crippen LogP contribution is 2.35. The number of esters is 1. The molecule has 224 valence electrons. The maximum absolute atomic E-state index is 14.0. The highest BCUT2D eigenvalue weighted by atomic mass is 32.1. The molecule has 1 aromatic heterocycles. The minimum atomic E-state index is -0.728. The number of benzene rings is 4. The number of rotatable bonds is 9. The number of carbonyl (C=O) groups excluding carboxylic acids is 1. The van der Waals surface area contributed by atoms with Gasteiger partial charge in [0.2, 0.25) is 0 Å². The summed E-state index contributed by atoms with van der Waals surface area (Å²) in [5, 5.41) is 10.9. The molecule has 5 aromatic rings. The molecule has 0 bridgehead atoms. The molecule has 45 heavy (non-hydrogen) atoms. The van der Waals surface area contributed by atoms with E-state index in [-0.39, 0.29) is 24.5 Å². The van der Waals surface area contributed by atoms with Crippen molar-refractivity contribution in [3.8, 4) is 5.75 Å². The van der Waals surface area contributed by atoms with E-state index in [1.807, 2.05) is 72.8 Å². The van der Waals surface area contributed by atoms with Gasteiger partial charge in [-0.1, -0.05) is 84.1 Å². The minimum Gasteiger partial charge on any atom is -0.489 e. The summed E-state index contributed by atoms with van der Waals surface area (Å²) in [4.78, 5) is 43.3. The lowest BCUT2D eigenvalue weighted by Crippen LogP contribution is -2.39. The van der Waals surface area contributed by atoms with Crippen molar-refractivity contribution in [2.75, 3.05) is 6.61 Å². The van der Waals surface area contributed by atoms with Gasteiger partial charge < -0.3 is 9.47 Å².